The third kappa shape index (κ3) is 4.57. The van der Waals surface area contributed by atoms with Crippen molar-refractivity contribution < 1.29 is 13.9 Å². The molecule has 0 radical (unpaired) electrons. The lowest BCUT2D eigenvalue weighted by atomic mass is 9.96. The molecule has 25 heavy (non-hydrogen) atoms. The van der Waals surface area contributed by atoms with Crippen molar-refractivity contribution in [2.24, 2.45) is 0 Å². The number of halogens is 1. The minimum atomic E-state index is -0.234. The molecule has 0 bridgehead atoms. The lowest BCUT2D eigenvalue weighted by molar-refractivity contribution is -0.122. The van der Waals surface area contributed by atoms with Gasteiger partial charge in [-0.05, 0) is 54.2 Å². The zero-order valence-corrected chi connectivity index (χ0v) is 14.3. The molecule has 2 atom stereocenters. The molecule has 1 heterocycles. The van der Waals surface area contributed by atoms with Gasteiger partial charge in [0.05, 0.1) is 13.2 Å². The summed E-state index contributed by atoms with van der Waals surface area (Å²) in [6, 6.07) is 14.2. The van der Waals surface area contributed by atoms with Crippen molar-refractivity contribution in [2.75, 3.05) is 20.2 Å². The van der Waals surface area contributed by atoms with Crippen LogP contribution in [0.3, 0.4) is 0 Å². The van der Waals surface area contributed by atoms with E-state index in [4.69, 9.17) is 4.74 Å². The second kappa shape index (κ2) is 8.12. The number of amides is 1. The van der Waals surface area contributed by atoms with Crippen molar-refractivity contribution >= 4 is 5.91 Å². The van der Waals surface area contributed by atoms with Gasteiger partial charge in [-0.3, -0.25) is 4.79 Å². The molecule has 2 aromatic carbocycles. The maximum absolute atomic E-state index is 13.0. The summed E-state index contributed by atoms with van der Waals surface area (Å²) in [6.07, 6.45) is 1.52. The quantitative estimate of drug-likeness (QED) is 0.848. The number of carbonyl (C=O) groups is 1. The first-order valence-corrected chi connectivity index (χ1v) is 8.55. The largest absolute Gasteiger partial charge is 0.497 e. The van der Waals surface area contributed by atoms with E-state index in [0.717, 1.165) is 36.3 Å². The minimum absolute atomic E-state index is 0.0260. The molecular formula is C20H23FN2O2. The van der Waals surface area contributed by atoms with Crippen LogP contribution in [0.1, 0.15) is 23.5 Å². The maximum atomic E-state index is 13.0. The second-order valence-corrected chi connectivity index (χ2v) is 6.33. The van der Waals surface area contributed by atoms with E-state index in [9.17, 15) is 9.18 Å². The van der Waals surface area contributed by atoms with Gasteiger partial charge in [0.2, 0.25) is 5.91 Å². The van der Waals surface area contributed by atoms with Crippen molar-refractivity contribution in [2.45, 2.75) is 24.8 Å². The van der Waals surface area contributed by atoms with Crippen LogP contribution in [0.4, 0.5) is 4.39 Å². The Labute approximate surface area is 147 Å². The normalized spacial score (nSPS) is 19.6. The van der Waals surface area contributed by atoms with Crippen LogP contribution in [0.25, 0.3) is 0 Å². The average Bonchev–Trinajstić information content (AvgIpc) is 3.13. The Kier molecular flexibility index (Phi) is 5.66. The average molecular weight is 342 g/mol. The number of ether oxygens (including phenoxy) is 1. The van der Waals surface area contributed by atoms with Crippen LogP contribution < -0.4 is 15.4 Å². The Morgan fingerprint density at radius 3 is 2.60 bits per heavy atom. The molecule has 132 valence electrons. The highest BCUT2D eigenvalue weighted by Crippen LogP contribution is 2.25. The summed E-state index contributed by atoms with van der Waals surface area (Å²) in [5.41, 5.74) is 2.23. The van der Waals surface area contributed by atoms with Gasteiger partial charge < -0.3 is 15.4 Å². The number of hydrogen-bond acceptors (Lipinski definition) is 3. The zero-order valence-electron chi connectivity index (χ0n) is 14.3. The molecule has 2 aromatic rings. The van der Waals surface area contributed by atoms with Crippen molar-refractivity contribution in [1.82, 2.24) is 10.6 Å². The molecule has 0 aliphatic carbocycles. The third-order valence-electron chi connectivity index (χ3n) is 4.66. The van der Waals surface area contributed by atoms with E-state index in [1.807, 2.05) is 24.3 Å². The summed E-state index contributed by atoms with van der Waals surface area (Å²) < 4.78 is 18.1. The Balaban J connectivity index is 1.45. The third-order valence-corrected chi connectivity index (χ3v) is 4.66. The van der Waals surface area contributed by atoms with E-state index in [2.05, 4.69) is 10.6 Å². The monoisotopic (exact) mass is 342 g/mol. The molecule has 5 heteroatoms. The lowest BCUT2D eigenvalue weighted by Crippen LogP contribution is -2.41. The minimum Gasteiger partial charge on any atom is -0.497 e. The van der Waals surface area contributed by atoms with E-state index >= 15 is 0 Å². The zero-order chi connectivity index (χ0) is 17.6. The topological polar surface area (TPSA) is 50.4 Å². The molecule has 1 aliphatic heterocycles. The molecule has 0 saturated carbocycles. The highest BCUT2D eigenvalue weighted by atomic mass is 19.1. The van der Waals surface area contributed by atoms with Crippen LogP contribution in [-0.2, 0) is 11.2 Å². The van der Waals surface area contributed by atoms with Crippen LogP contribution in [-0.4, -0.2) is 32.1 Å². The SMILES string of the molecule is COc1ccc(CCNC(=O)C2CC(c3ccc(F)cc3)CN2)cc1. The fourth-order valence-electron chi connectivity index (χ4n) is 3.17. The highest BCUT2D eigenvalue weighted by molar-refractivity contribution is 5.82. The molecule has 1 aliphatic rings. The van der Waals surface area contributed by atoms with E-state index in [1.54, 1.807) is 19.2 Å². The van der Waals surface area contributed by atoms with E-state index < -0.39 is 0 Å². The lowest BCUT2D eigenvalue weighted by Gasteiger charge is -2.12. The smallest absolute Gasteiger partial charge is 0.237 e. The van der Waals surface area contributed by atoms with Crippen LogP contribution in [0.5, 0.6) is 5.75 Å². The fourth-order valence-corrected chi connectivity index (χ4v) is 3.17. The first-order valence-electron chi connectivity index (χ1n) is 8.55. The second-order valence-electron chi connectivity index (χ2n) is 6.33. The van der Waals surface area contributed by atoms with Crippen molar-refractivity contribution in [3.8, 4) is 5.75 Å². The molecule has 4 nitrogen and oxygen atoms in total. The predicted octanol–water partition coefficient (Wildman–Crippen LogP) is 2.64. The summed E-state index contributed by atoms with van der Waals surface area (Å²) in [7, 11) is 1.64. The summed E-state index contributed by atoms with van der Waals surface area (Å²) >= 11 is 0. The Morgan fingerprint density at radius 2 is 1.92 bits per heavy atom. The van der Waals surface area contributed by atoms with Crippen LogP contribution in [0.2, 0.25) is 0 Å². The summed E-state index contributed by atoms with van der Waals surface area (Å²) in [5, 5.41) is 6.25. The number of nitrogens with one attached hydrogen (secondary N) is 2. The molecule has 0 spiro atoms. The van der Waals surface area contributed by atoms with Crippen molar-refractivity contribution in [1.29, 1.82) is 0 Å². The van der Waals surface area contributed by atoms with Gasteiger partial charge >= 0.3 is 0 Å². The standard InChI is InChI=1S/C20H23FN2O2/c1-25-18-8-2-14(3-9-18)10-11-22-20(24)19-12-16(13-23-19)15-4-6-17(21)7-5-15/h2-9,16,19,23H,10-13H2,1H3,(H,22,24). The van der Waals surface area contributed by atoms with Gasteiger partial charge in [0.15, 0.2) is 0 Å². The molecule has 3 rings (SSSR count). The van der Waals surface area contributed by atoms with Gasteiger partial charge in [0.1, 0.15) is 11.6 Å². The van der Waals surface area contributed by atoms with Crippen molar-refractivity contribution in [3.05, 3.63) is 65.5 Å². The summed E-state index contributed by atoms with van der Waals surface area (Å²) in [4.78, 5) is 12.3. The van der Waals surface area contributed by atoms with Crippen molar-refractivity contribution in [3.63, 3.8) is 0 Å². The van der Waals surface area contributed by atoms with E-state index in [-0.39, 0.29) is 23.7 Å². The van der Waals surface area contributed by atoms with E-state index in [1.165, 1.54) is 12.1 Å². The Hall–Kier alpha value is -2.40. The predicted molar refractivity (Wildman–Crippen MR) is 95.3 cm³/mol. The number of rotatable bonds is 6. The Bertz CT molecular complexity index is 701. The van der Waals surface area contributed by atoms with Gasteiger partial charge in [-0.1, -0.05) is 24.3 Å². The first kappa shape index (κ1) is 17.4. The molecule has 1 fully saturated rings. The molecule has 1 amide bonds. The van der Waals surface area contributed by atoms with Crippen LogP contribution in [0.15, 0.2) is 48.5 Å². The van der Waals surface area contributed by atoms with Gasteiger partial charge in [-0.25, -0.2) is 4.39 Å². The number of benzene rings is 2. The van der Waals surface area contributed by atoms with Crippen LogP contribution >= 0.6 is 0 Å². The molecule has 2 N–H and O–H groups in total. The molecular weight excluding hydrogens is 319 g/mol. The van der Waals surface area contributed by atoms with Gasteiger partial charge in [0, 0.05) is 13.1 Å². The molecule has 1 saturated heterocycles. The molecule has 0 aromatic heterocycles. The van der Waals surface area contributed by atoms with E-state index in [0.29, 0.717) is 6.54 Å². The van der Waals surface area contributed by atoms with Gasteiger partial charge in [-0.15, -0.1) is 0 Å². The first-order chi connectivity index (χ1) is 12.2. The Morgan fingerprint density at radius 1 is 1.20 bits per heavy atom. The summed E-state index contributed by atoms with van der Waals surface area (Å²) in [6.45, 7) is 1.34. The number of carbonyl (C=O) groups excluding carboxylic acids is 1. The number of methoxy groups -OCH3 is 1. The maximum Gasteiger partial charge on any atom is 0.237 e. The van der Waals surface area contributed by atoms with Gasteiger partial charge in [0.25, 0.3) is 0 Å². The van der Waals surface area contributed by atoms with Gasteiger partial charge in [-0.2, -0.15) is 0 Å². The van der Waals surface area contributed by atoms with Crippen LogP contribution in [0, 0.1) is 5.82 Å². The molecule has 2 unspecified atom stereocenters. The highest BCUT2D eigenvalue weighted by Gasteiger charge is 2.29. The fraction of sp³-hybridized carbons (Fsp3) is 0.350. The summed E-state index contributed by atoms with van der Waals surface area (Å²) in [5.74, 6) is 0.869. The number of hydrogen-bond donors (Lipinski definition) is 2.